The fourth-order valence-electron chi connectivity index (χ4n) is 2.95. The Labute approximate surface area is 205 Å². The number of hydrogen-bond donors (Lipinski definition) is 2. The number of pyridine rings is 2. The van der Waals surface area contributed by atoms with E-state index in [1.165, 1.54) is 19.4 Å². The van der Waals surface area contributed by atoms with Crippen molar-refractivity contribution in [1.82, 2.24) is 24.3 Å². The molecule has 3 aromatic rings. The lowest BCUT2D eigenvalue weighted by Gasteiger charge is -2.19. The summed E-state index contributed by atoms with van der Waals surface area (Å²) >= 11 is 6.08. The van der Waals surface area contributed by atoms with Gasteiger partial charge in [0, 0.05) is 18.8 Å². The van der Waals surface area contributed by atoms with Crippen LogP contribution in [0.2, 0.25) is 5.02 Å². The standard InChI is InChI=1S/C20H19ClF4N6O5/c1-4-30-13(8-32)29-31(19(30)34)16-11(22)7-10(18(28-16)36-9(2)20(23,24)25)17(33)27-15-14(21)12(35-3)5-6-26-15/h5-7,9,32H,4,8H2,1-3H3,(H,26,27,33)/t9-/m0/s1. The average molecular weight is 535 g/mol. The number of halogens is 5. The summed E-state index contributed by atoms with van der Waals surface area (Å²) in [5.74, 6) is -4.49. The summed E-state index contributed by atoms with van der Waals surface area (Å²) in [7, 11) is 1.30. The maximum absolute atomic E-state index is 15.1. The van der Waals surface area contributed by atoms with Crippen LogP contribution in [0.15, 0.2) is 23.1 Å². The van der Waals surface area contributed by atoms with Crippen LogP contribution >= 0.6 is 11.6 Å². The van der Waals surface area contributed by atoms with E-state index in [1.54, 1.807) is 6.92 Å². The van der Waals surface area contributed by atoms with E-state index in [-0.39, 0.29) is 29.0 Å². The summed E-state index contributed by atoms with van der Waals surface area (Å²) < 4.78 is 66.0. The van der Waals surface area contributed by atoms with Crippen molar-refractivity contribution in [2.45, 2.75) is 39.3 Å². The van der Waals surface area contributed by atoms with Gasteiger partial charge < -0.3 is 19.9 Å². The minimum atomic E-state index is -4.87. The van der Waals surface area contributed by atoms with Gasteiger partial charge in [0.1, 0.15) is 22.9 Å². The Morgan fingerprint density at radius 1 is 1.36 bits per heavy atom. The number of alkyl halides is 3. The Balaban J connectivity index is 2.14. The van der Waals surface area contributed by atoms with Crippen LogP contribution in [-0.2, 0) is 13.2 Å². The molecular weight excluding hydrogens is 516 g/mol. The number of nitrogens with zero attached hydrogens (tertiary/aromatic N) is 5. The molecule has 194 valence electrons. The molecule has 0 radical (unpaired) electrons. The molecule has 1 amide bonds. The van der Waals surface area contributed by atoms with Crippen LogP contribution in [0.5, 0.6) is 11.6 Å². The molecule has 0 aliphatic carbocycles. The fraction of sp³-hybridized carbons (Fsp3) is 0.350. The second-order valence-corrected chi connectivity index (χ2v) is 7.47. The van der Waals surface area contributed by atoms with E-state index >= 15 is 4.39 Å². The lowest BCUT2D eigenvalue weighted by molar-refractivity contribution is -0.190. The summed E-state index contributed by atoms with van der Waals surface area (Å²) in [5, 5.41) is 15.3. The van der Waals surface area contributed by atoms with Gasteiger partial charge in [-0.25, -0.2) is 14.2 Å². The Kier molecular flexibility index (Phi) is 7.83. The molecule has 0 spiro atoms. The topological polar surface area (TPSA) is 133 Å². The van der Waals surface area contributed by atoms with Crippen molar-refractivity contribution in [2.75, 3.05) is 12.4 Å². The van der Waals surface area contributed by atoms with E-state index in [0.717, 1.165) is 4.57 Å². The van der Waals surface area contributed by atoms with Gasteiger partial charge in [-0.15, -0.1) is 5.10 Å². The number of nitrogens with one attached hydrogen (secondary N) is 1. The third-order valence-electron chi connectivity index (χ3n) is 4.82. The highest BCUT2D eigenvalue weighted by atomic mass is 35.5. The molecule has 0 saturated heterocycles. The highest BCUT2D eigenvalue weighted by Gasteiger charge is 2.39. The average Bonchev–Trinajstić information content (AvgIpc) is 3.15. The van der Waals surface area contributed by atoms with Crippen molar-refractivity contribution < 1.29 is 36.9 Å². The van der Waals surface area contributed by atoms with Crippen LogP contribution < -0.4 is 20.5 Å². The summed E-state index contributed by atoms with van der Waals surface area (Å²) in [5.41, 5.74) is -1.68. The Morgan fingerprint density at radius 3 is 2.61 bits per heavy atom. The second kappa shape index (κ2) is 10.5. The fourth-order valence-corrected chi connectivity index (χ4v) is 3.19. The molecule has 36 heavy (non-hydrogen) atoms. The van der Waals surface area contributed by atoms with Crippen molar-refractivity contribution in [3.05, 3.63) is 51.0 Å². The molecule has 16 heteroatoms. The molecule has 3 heterocycles. The first kappa shape index (κ1) is 26.9. The Bertz CT molecular complexity index is 1340. The third kappa shape index (κ3) is 5.26. The van der Waals surface area contributed by atoms with Gasteiger partial charge >= 0.3 is 11.9 Å². The first-order valence-corrected chi connectivity index (χ1v) is 10.5. The second-order valence-electron chi connectivity index (χ2n) is 7.09. The number of amides is 1. The third-order valence-corrected chi connectivity index (χ3v) is 5.18. The zero-order chi connectivity index (χ0) is 26.8. The molecule has 0 aliphatic rings. The number of carbonyl (C=O) groups is 1. The monoisotopic (exact) mass is 534 g/mol. The van der Waals surface area contributed by atoms with Crippen LogP contribution in [0.4, 0.5) is 23.4 Å². The van der Waals surface area contributed by atoms with Gasteiger partial charge in [0.25, 0.3) is 5.91 Å². The molecule has 0 unspecified atom stereocenters. The number of anilines is 1. The maximum Gasteiger partial charge on any atom is 0.425 e. The number of aliphatic hydroxyl groups excluding tert-OH is 1. The van der Waals surface area contributed by atoms with E-state index in [4.69, 9.17) is 21.1 Å². The summed E-state index contributed by atoms with van der Waals surface area (Å²) in [6.07, 6.45) is -6.10. The maximum atomic E-state index is 15.1. The predicted octanol–water partition coefficient (Wildman–Crippen LogP) is 2.72. The Hall–Kier alpha value is -3.72. The molecular formula is C20H19ClF4N6O5. The van der Waals surface area contributed by atoms with E-state index in [9.17, 15) is 27.9 Å². The number of rotatable bonds is 8. The van der Waals surface area contributed by atoms with Gasteiger partial charge in [0.15, 0.2) is 29.4 Å². The van der Waals surface area contributed by atoms with E-state index in [2.05, 4.69) is 20.4 Å². The van der Waals surface area contributed by atoms with Crippen LogP contribution in [0.1, 0.15) is 30.0 Å². The molecule has 0 bridgehead atoms. The van der Waals surface area contributed by atoms with Gasteiger partial charge in [-0.05, 0) is 19.9 Å². The van der Waals surface area contributed by atoms with Crippen molar-refractivity contribution in [3.63, 3.8) is 0 Å². The van der Waals surface area contributed by atoms with Gasteiger partial charge in [-0.2, -0.15) is 22.8 Å². The molecule has 3 rings (SSSR count). The molecule has 0 saturated carbocycles. The summed E-state index contributed by atoms with van der Waals surface area (Å²) in [6.45, 7) is 1.58. The lowest BCUT2D eigenvalue weighted by Crippen LogP contribution is -2.33. The van der Waals surface area contributed by atoms with Crippen molar-refractivity contribution in [1.29, 1.82) is 0 Å². The number of ether oxygens (including phenoxy) is 2. The minimum Gasteiger partial charge on any atom is -0.495 e. The number of methoxy groups -OCH3 is 1. The van der Waals surface area contributed by atoms with E-state index < -0.39 is 53.6 Å². The molecule has 0 fully saturated rings. The minimum absolute atomic E-state index is 0.0552. The smallest absolute Gasteiger partial charge is 0.425 e. The normalized spacial score (nSPS) is 12.4. The van der Waals surface area contributed by atoms with Gasteiger partial charge in [0.2, 0.25) is 5.88 Å². The molecule has 0 aliphatic heterocycles. The first-order valence-electron chi connectivity index (χ1n) is 10.2. The first-order chi connectivity index (χ1) is 16.9. The number of aromatic nitrogens is 5. The number of aliphatic hydroxyl groups is 1. The number of hydrogen-bond acceptors (Lipinski definition) is 8. The van der Waals surface area contributed by atoms with Crippen LogP contribution in [0.25, 0.3) is 5.82 Å². The number of carbonyl (C=O) groups excluding carboxylic acids is 1. The van der Waals surface area contributed by atoms with Gasteiger partial charge in [-0.1, -0.05) is 11.6 Å². The van der Waals surface area contributed by atoms with E-state index in [0.29, 0.717) is 17.7 Å². The highest BCUT2D eigenvalue weighted by Crippen LogP contribution is 2.32. The molecule has 3 aromatic heterocycles. The lowest BCUT2D eigenvalue weighted by atomic mass is 10.2. The quantitative estimate of drug-likeness (QED) is 0.421. The van der Waals surface area contributed by atoms with E-state index in [1.807, 2.05) is 0 Å². The van der Waals surface area contributed by atoms with Crippen molar-refractivity contribution >= 4 is 23.3 Å². The van der Waals surface area contributed by atoms with Gasteiger partial charge in [-0.3, -0.25) is 9.36 Å². The molecule has 11 nitrogen and oxygen atoms in total. The van der Waals surface area contributed by atoms with Crippen molar-refractivity contribution in [3.8, 4) is 17.4 Å². The molecule has 1 atom stereocenters. The summed E-state index contributed by atoms with van der Waals surface area (Å²) in [4.78, 5) is 33.0. The van der Waals surface area contributed by atoms with Crippen LogP contribution in [0, 0.1) is 5.82 Å². The van der Waals surface area contributed by atoms with Crippen LogP contribution in [0.3, 0.4) is 0 Å². The van der Waals surface area contributed by atoms with Crippen LogP contribution in [-0.4, -0.2) is 54.7 Å². The zero-order valence-electron chi connectivity index (χ0n) is 18.9. The van der Waals surface area contributed by atoms with Gasteiger partial charge in [0.05, 0.1) is 7.11 Å². The SMILES string of the molecule is CCn1c(CO)nn(-c2nc(O[C@@H](C)C(F)(F)F)c(C(=O)Nc3nccc(OC)c3Cl)cc2F)c1=O. The highest BCUT2D eigenvalue weighted by molar-refractivity contribution is 6.35. The summed E-state index contributed by atoms with van der Waals surface area (Å²) in [6, 6.07) is 1.92. The molecule has 0 aromatic carbocycles. The largest absolute Gasteiger partial charge is 0.495 e. The van der Waals surface area contributed by atoms with Crippen molar-refractivity contribution in [2.24, 2.45) is 0 Å². The zero-order valence-corrected chi connectivity index (χ0v) is 19.7. The Morgan fingerprint density at radius 2 is 2.06 bits per heavy atom. The predicted molar refractivity (Wildman–Crippen MR) is 117 cm³/mol. The molecule has 2 N–H and O–H groups in total.